The van der Waals surface area contributed by atoms with E-state index >= 15 is 0 Å². The molecule has 2 rings (SSSR count). The maximum Gasteiger partial charge on any atom is 0.186 e. The van der Waals surface area contributed by atoms with Crippen LogP contribution in [0.5, 0.6) is 0 Å². The van der Waals surface area contributed by atoms with Crippen molar-refractivity contribution in [3.63, 3.8) is 0 Å². The van der Waals surface area contributed by atoms with Crippen LogP contribution in [0.1, 0.15) is 30.0 Å². The summed E-state index contributed by atoms with van der Waals surface area (Å²) in [5.74, 6) is 0. The molecule has 0 spiro atoms. The molecule has 0 fully saturated rings. The summed E-state index contributed by atoms with van der Waals surface area (Å²) in [4.78, 5) is 8.28. The van der Waals surface area contributed by atoms with Crippen LogP contribution in [0.15, 0.2) is 24.3 Å². The summed E-state index contributed by atoms with van der Waals surface area (Å²) < 4.78 is 0. The third-order valence-corrected chi connectivity index (χ3v) is 4.33. The van der Waals surface area contributed by atoms with E-state index in [1.165, 1.54) is 10.4 Å². The van der Waals surface area contributed by atoms with Crippen LogP contribution in [0, 0.1) is 13.8 Å². The van der Waals surface area contributed by atoms with Crippen LogP contribution in [-0.4, -0.2) is 11.0 Å². The first-order chi connectivity index (χ1) is 8.97. The largest absolute Gasteiger partial charge is 0.399 e. The smallest absolute Gasteiger partial charge is 0.186 e. The molecule has 102 valence electrons. The maximum absolute atomic E-state index is 5.73. The summed E-state index contributed by atoms with van der Waals surface area (Å²) in [6.07, 6.45) is 0. The second-order valence-corrected chi connectivity index (χ2v) is 6.28. The van der Waals surface area contributed by atoms with Crippen molar-refractivity contribution in [2.75, 3.05) is 10.6 Å². The van der Waals surface area contributed by atoms with Crippen molar-refractivity contribution in [1.82, 2.24) is 4.98 Å². The van der Waals surface area contributed by atoms with E-state index in [0.717, 1.165) is 23.1 Å². The van der Waals surface area contributed by atoms with Gasteiger partial charge in [-0.15, -0.1) is 11.3 Å². The molecule has 2 N–H and O–H groups in total. The van der Waals surface area contributed by atoms with Crippen LogP contribution in [0.25, 0.3) is 0 Å². The lowest BCUT2D eigenvalue weighted by Crippen LogP contribution is -2.30. The first-order valence-electron chi connectivity index (χ1n) is 6.52. The van der Waals surface area contributed by atoms with Gasteiger partial charge in [0.15, 0.2) is 5.13 Å². The summed E-state index contributed by atoms with van der Waals surface area (Å²) in [5, 5.41) is 1.10. The molecule has 1 heterocycles. The summed E-state index contributed by atoms with van der Waals surface area (Å²) >= 11 is 1.76. The predicted molar refractivity (Wildman–Crippen MR) is 83.8 cm³/mol. The minimum absolute atomic E-state index is 0.419. The first-order valence-corrected chi connectivity index (χ1v) is 7.34. The standard InChI is InChI=1S/C15H21N3S/c1-10(2)18(15-17-11(3)12(4)19-15)9-13-5-7-14(16)8-6-13/h5-8,10H,9,16H2,1-4H3. The Morgan fingerprint density at radius 3 is 2.32 bits per heavy atom. The molecular formula is C15H21N3S. The SMILES string of the molecule is Cc1nc(N(Cc2ccc(N)cc2)C(C)C)sc1C. The highest BCUT2D eigenvalue weighted by molar-refractivity contribution is 7.15. The quantitative estimate of drug-likeness (QED) is 0.864. The van der Waals surface area contributed by atoms with Gasteiger partial charge >= 0.3 is 0 Å². The van der Waals surface area contributed by atoms with Crippen molar-refractivity contribution < 1.29 is 0 Å². The Hall–Kier alpha value is -1.55. The van der Waals surface area contributed by atoms with Gasteiger partial charge in [0.25, 0.3) is 0 Å². The van der Waals surface area contributed by atoms with Crippen LogP contribution in [0.3, 0.4) is 0 Å². The molecule has 19 heavy (non-hydrogen) atoms. The molecule has 0 saturated carbocycles. The number of nitrogens with two attached hydrogens (primary N) is 1. The summed E-state index contributed by atoms with van der Waals surface area (Å²) in [6.45, 7) is 9.45. The number of aryl methyl sites for hydroxylation is 2. The Labute approximate surface area is 119 Å². The molecule has 0 aliphatic carbocycles. The minimum Gasteiger partial charge on any atom is -0.399 e. The highest BCUT2D eigenvalue weighted by Gasteiger charge is 2.15. The van der Waals surface area contributed by atoms with E-state index in [1.54, 1.807) is 11.3 Å². The summed E-state index contributed by atoms with van der Waals surface area (Å²) in [6, 6.07) is 8.48. The number of rotatable bonds is 4. The van der Waals surface area contributed by atoms with E-state index in [0.29, 0.717) is 6.04 Å². The number of hydrogen-bond acceptors (Lipinski definition) is 4. The van der Waals surface area contributed by atoms with Crippen molar-refractivity contribution in [1.29, 1.82) is 0 Å². The van der Waals surface area contributed by atoms with E-state index in [2.05, 4.69) is 49.7 Å². The van der Waals surface area contributed by atoms with Gasteiger partial charge in [0, 0.05) is 23.2 Å². The molecule has 0 amide bonds. The number of nitrogen functional groups attached to an aromatic ring is 1. The summed E-state index contributed by atoms with van der Waals surface area (Å²) in [5.41, 5.74) is 8.92. The van der Waals surface area contributed by atoms with Gasteiger partial charge in [-0.1, -0.05) is 12.1 Å². The molecule has 0 bridgehead atoms. The molecule has 0 aliphatic heterocycles. The van der Waals surface area contributed by atoms with Crippen molar-refractivity contribution in [2.45, 2.75) is 40.3 Å². The third kappa shape index (κ3) is 3.26. The number of thiazole rings is 1. The monoisotopic (exact) mass is 275 g/mol. The lowest BCUT2D eigenvalue weighted by molar-refractivity contribution is 0.679. The van der Waals surface area contributed by atoms with E-state index in [4.69, 9.17) is 5.73 Å². The fourth-order valence-corrected chi connectivity index (χ4v) is 2.91. The summed E-state index contributed by atoms with van der Waals surface area (Å²) in [7, 11) is 0. The van der Waals surface area contributed by atoms with Gasteiger partial charge in [0.1, 0.15) is 0 Å². The molecule has 0 radical (unpaired) electrons. The fourth-order valence-electron chi connectivity index (χ4n) is 1.87. The van der Waals surface area contributed by atoms with Crippen LogP contribution >= 0.6 is 11.3 Å². The minimum atomic E-state index is 0.419. The number of nitrogens with zero attached hydrogens (tertiary/aromatic N) is 2. The van der Waals surface area contributed by atoms with Gasteiger partial charge in [-0.3, -0.25) is 0 Å². The number of anilines is 2. The maximum atomic E-state index is 5.73. The van der Waals surface area contributed by atoms with E-state index in [1.807, 2.05) is 12.1 Å². The molecule has 0 saturated heterocycles. The molecule has 0 aliphatic rings. The van der Waals surface area contributed by atoms with Gasteiger partial charge in [0.05, 0.1) is 5.69 Å². The van der Waals surface area contributed by atoms with Crippen LogP contribution in [0.2, 0.25) is 0 Å². The molecule has 0 atom stereocenters. The lowest BCUT2D eigenvalue weighted by Gasteiger charge is -2.26. The second-order valence-electron chi connectivity index (χ2n) is 5.10. The average Bonchev–Trinajstić information content (AvgIpc) is 2.68. The number of benzene rings is 1. The molecule has 1 aromatic heterocycles. The van der Waals surface area contributed by atoms with E-state index in [9.17, 15) is 0 Å². The number of hydrogen-bond donors (Lipinski definition) is 1. The van der Waals surface area contributed by atoms with Gasteiger partial charge in [-0.25, -0.2) is 4.98 Å². The van der Waals surface area contributed by atoms with Gasteiger partial charge < -0.3 is 10.6 Å². The van der Waals surface area contributed by atoms with E-state index < -0.39 is 0 Å². The molecule has 3 nitrogen and oxygen atoms in total. The van der Waals surface area contributed by atoms with Gasteiger partial charge in [-0.05, 0) is 45.4 Å². The molecule has 0 unspecified atom stereocenters. The first kappa shape index (κ1) is 13.9. The zero-order valence-corrected chi connectivity index (χ0v) is 12.8. The Bertz CT molecular complexity index is 524. The molecule has 1 aromatic carbocycles. The Kier molecular flexibility index (Phi) is 4.10. The van der Waals surface area contributed by atoms with E-state index in [-0.39, 0.29) is 0 Å². The molecule has 2 aromatic rings. The Balaban J connectivity index is 2.23. The predicted octanol–water partition coefficient (Wildman–Crippen LogP) is 3.76. The number of aromatic nitrogens is 1. The van der Waals surface area contributed by atoms with Crippen LogP contribution in [-0.2, 0) is 6.54 Å². The molecular weight excluding hydrogens is 254 g/mol. The third-order valence-electron chi connectivity index (χ3n) is 3.22. The Morgan fingerprint density at radius 1 is 1.21 bits per heavy atom. The van der Waals surface area contributed by atoms with Crippen molar-refractivity contribution >= 4 is 22.2 Å². The van der Waals surface area contributed by atoms with Gasteiger partial charge in [-0.2, -0.15) is 0 Å². The highest BCUT2D eigenvalue weighted by Crippen LogP contribution is 2.28. The normalized spacial score (nSPS) is 11.0. The zero-order valence-electron chi connectivity index (χ0n) is 12.0. The average molecular weight is 275 g/mol. The lowest BCUT2D eigenvalue weighted by atomic mass is 10.2. The van der Waals surface area contributed by atoms with Crippen molar-refractivity contribution in [2.24, 2.45) is 0 Å². The van der Waals surface area contributed by atoms with Gasteiger partial charge in [0.2, 0.25) is 0 Å². The van der Waals surface area contributed by atoms with Crippen molar-refractivity contribution in [3.05, 3.63) is 40.4 Å². The van der Waals surface area contributed by atoms with Crippen LogP contribution < -0.4 is 10.6 Å². The topological polar surface area (TPSA) is 42.2 Å². The Morgan fingerprint density at radius 2 is 1.84 bits per heavy atom. The highest BCUT2D eigenvalue weighted by atomic mass is 32.1. The fraction of sp³-hybridized carbons (Fsp3) is 0.400. The zero-order chi connectivity index (χ0) is 14.0. The second kappa shape index (κ2) is 5.61. The molecule has 4 heteroatoms. The van der Waals surface area contributed by atoms with Crippen LogP contribution in [0.4, 0.5) is 10.8 Å². The van der Waals surface area contributed by atoms with Crippen molar-refractivity contribution in [3.8, 4) is 0 Å².